The van der Waals surface area contributed by atoms with Crippen LogP contribution in [0, 0.1) is 0 Å². The summed E-state index contributed by atoms with van der Waals surface area (Å²) in [5, 5.41) is 7.17. The highest BCUT2D eigenvalue weighted by molar-refractivity contribution is 6.05. The average molecular weight is 379 g/mol. The molecule has 0 unspecified atom stereocenters. The third-order valence-electron chi connectivity index (χ3n) is 4.04. The van der Waals surface area contributed by atoms with E-state index in [0.29, 0.717) is 29.2 Å². The Morgan fingerprint density at radius 3 is 2.61 bits per heavy atom. The molecule has 0 aliphatic heterocycles. The largest absolute Gasteiger partial charge is 0.493 e. The lowest BCUT2D eigenvalue weighted by Crippen LogP contribution is -2.15. The van der Waals surface area contributed by atoms with E-state index >= 15 is 0 Å². The molecule has 0 saturated heterocycles. The molecule has 0 bridgehead atoms. The molecule has 28 heavy (non-hydrogen) atoms. The summed E-state index contributed by atoms with van der Waals surface area (Å²) in [5.41, 5.74) is 6.98. The van der Waals surface area contributed by atoms with E-state index in [-0.39, 0.29) is 18.9 Å². The third kappa shape index (κ3) is 4.53. The number of carbonyl (C=O) groups excluding carboxylic acids is 2. The van der Waals surface area contributed by atoms with Crippen LogP contribution in [0.2, 0.25) is 0 Å². The highest BCUT2D eigenvalue weighted by atomic mass is 16.5. The Morgan fingerprint density at radius 1 is 1.18 bits per heavy atom. The monoisotopic (exact) mass is 379 g/mol. The second kappa shape index (κ2) is 8.81. The van der Waals surface area contributed by atoms with Gasteiger partial charge in [-0.15, -0.1) is 0 Å². The molecule has 2 amide bonds. The van der Waals surface area contributed by atoms with E-state index in [4.69, 9.17) is 10.5 Å². The number of rotatable bonds is 8. The summed E-state index contributed by atoms with van der Waals surface area (Å²) in [5.74, 6) is 0.593. The van der Waals surface area contributed by atoms with E-state index in [0.717, 1.165) is 5.69 Å². The number of aromatic nitrogens is 3. The number of amides is 2. The molecule has 0 saturated carbocycles. The molecular weight excluding hydrogens is 358 g/mol. The molecule has 3 aromatic rings. The lowest BCUT2D eigenvalue weighted by Gasteiger charge is -2.09. The topological polar surface area (TPSA) is 112 Å². The molecule has 3 rings (SSSR count). The van der Waals surface area contributed by atoms with Crippen molar-refractivity contribution in [2.75, 3.05) is 11.9 Å². The van der Waals surface area contributed by atoms with Crippen LogP contribution in [-0.4, -0.2) is 33.2 Å². The number of nitrogens with one attached hydrogen (secondary N) is 1. The summed E-state index contributed by atoms with van der Waals surface area (Å²) in [4.78, 5) is 27.7. The maximum absolute atomic E-state index is 12.7. The van der Waals surface area contributed by atoms with E-state index in [1.54, 1.807) is 41.3 Å². The van der Waals surface area contributed by atoms with Crippen LogP contribution in [0.1, 0.15) is 29.4 Å². The van der Waals surface area contributed by atoms with Gasteiger partial charge in [0.25, 0.3) is 5.91 Å². The van der Waals surface area contributed by atoms with Crippen LogP contribution in [0.4, 0.5) is 5.69 Å². The Bertz CT molecular complexity index is 952. The fraction of sp³-hybridized carbons (Fsp3) is 0.200. The van der Waals surface area contributed by atoms with Crippen molar-refractivity contribution in [2.45, 2.75) is 19.8 Å². The van der Waals surface area contributed by atoms with Gasteiger partial charge in [0, 0.05) is 11.9 Å². The maximum Gasteiger partial charge on any atom is 0.259 e. The number of anilines is 1. The molecule has 0 atom stereocenters. The van der Waals surface area contributed by atoms with Gasteiger partial charge in [0.1, 0.15) is 5.75 Å². The van der Waals surface area contributed by atoms with Crippen molar-refractivity contribution in [3.8, 4) is 11.6 Å². The second-order valence-electron chi connectivity index (χ2n) is 6.00. The van der Waals surface area contributed by atoms with Crippen molar-refractivity contribution in [1.29, 1.82) is 0 Å². The van der Waals surface area contributed by atoms with Gasteiger partial charge in [-0.25, -0.2) is 9.67 Å². The Balaban J connectivity index is 1.70. The first-order valence-electron chi connectivity index (χ1n) is 8.89. The van der Waals surface area contributed by atoms with Gasteiger partial charge in [-0.3, -0.25) is 9.59 Å². The van der Waals surface area contributed by atoms with Gasteiger partial charge in [-0.1, -0.05) is 13.0 Å². The third-order valence-corrected chi connectivity index (χ3v) is 4.04. The van der Waals surface area contributed by atoms with Crippen LogP contribution in [0.3, 0.4) is 0 Å². The van der Waals surface area contributed by atoms with Gasteiger partial charge in [0.2, 0.25) is 5.91 Å². The number of carbonyl (C=O) groups is 2. The van der Waals surface area contributed by atoms with Gasteiger partial charge in [-0.05, 0) is 42.8 Å². The van der Waals surface area contributed by atoms with Crippen molar-refractivity contribution < 1.29 is 14.3 Å². The first kappa shape index (κ1) is 19.1. The number of ether oxygens (including phenoxy) is 1. The molecule has 0 radical (unpaired) electrons. The molecule has 3 N–H and O–H groups in total. The van der Waals surface area contributed by atoms with Crippen molar-refractivity contribution in [1.82, 2.24) is 14.8 Å². The standard InChI is InChI=1S/C20H21N5O3/c1-2-17-16(13-23-25(17)19-5-3-4-11-22-19)20(27)24-14-6-8-15(9-7-14)28-12-10-18(21)26/h3-9,11,13H,2,10,12H2,1H3,(H2,21,26)(H,24,27). The minimum absolute atomic E-state index is 0.151. The van der Waals surface area contributed by atoms with Gasteiger partial charge in [0.15, 0.2) is 5.82 Å². The summed E-state index contributed by atoms with van der Waals surface area (Å²) in [6.45, 7) is 2.18. The SMILES string of the molecule is CCc1c(C(=O)Nc2ccc(OCCC(N)=O)cc2)cnn1-c1ccccn1. The number of hydrogen-bond donors (Lipinski definition) is 2. The molecule has 0 spiro atoms. The van der Waals surface area contributed by atoms with Crippen molar-refractivity contribution in [2.24, 2.45) is 5.73 Å². The van der Waals surface area contributed by atoms with Gasteiger partial charge in [0.05, 0.1) is 30.5 Å². The second-order valence-corrected chi connectivity index (χ2v) is 6.00. The zero-order valence-electron chi connectivity index (χ0n) is 15.5. The first-order chi connectivity index (χ1) is 13.6. The van der Waals surface area contributed by atoms with Gasteiger partial charge >= 0.3 is 0 Å². The van der Waals surface area contributed by atoms with Crippen molar-refractivity contribution in [3.63, 3.8) is 0 Å². The van der Waals surface area contributed by atoms with E-state index in [9.17, 15) is 9.59 Å². The van der Waals surface area contributed by atoms with Crippen molar-refractivity contribution >= 4 is 17.5 Å². The van der Waals surface area contributed by atoms with Crippen LogP contribution < -0.4 is 15.8 Å². The predicted molar refractivity (Wildman–Crippen MR) is 104 cm³/mol. The molecule has 0 aliphatic carbocycles. The Kier molecular flexibility index (Phi) is 6.01. The highest BCUT2D eigenvalue weighted by Gasteiger charge is 2.17. The molecule has 144 valence electrons. The van der Waals surface area contributed by atoms with E-state index in [1.807, 2.05) is 25.1 Å². The Hall–Kier alpha value is -3.68. The quantitative estimate of drug-likeness (QED) is 0.624. The molecule has 8 nitrogen and oxygen atoms in total. The average Bonchev–Trinajstić information content (AvgIpc) is 3.14. The zero-order valence-corrected chi connectivity index (χ0v) is 15.5. The normalized spacial score (nSPS) is 10.5. The zero-order chi connectivity index (χ0) is 19.9. The minimum atomic E-state index is -0.415. The molecule has 2 aromatic heterocycles. The number of nitrogens with two attached hydrogens (primary N) is 1. The van der Waals surface area contributed by atoms with Gasteiger partial charge < -0.3 is 15.8 Å². The van der Waals surface area contributed by atoms with Crippen LogP contribution in [0.25, 0.3) is 5.82 Å². The lowest BCUT2D eigenvalue weighted by molar-refractivity contribution is -0.118. The lowest BCUT2D eigenvalue weighted by atomic mass is 10.2. The Morgan fingerprint density at radius 2 is 1.96 bits per heavy atom. The van der Waals surface area contributed by atoms with Crippen LogP contribution in [-0.2, 0) is 11.2 Å². The molecule has 0 aliphatic rings. The summed E-state index contributed by atoms with van der Waals surface area (Å²) in [6.07, 6.45) is 4.01. The van der Waals surface area contributed by atoms with Crippen LogP contribution >= 0.6 is 0 Å². The van der Waals surface area contributed by atoms with Gasteiger partial charge in [-0.2, -0.15) is 5.10 Å². The maximum atomic E-state index is 12.7. The summed E-state index contributed by atoms with van der Waals surface area (Å²) < 4.78 is 7.09. The van der Waals surface area contributed by atoms with Crippen molar-refractivity contribution in [3.05, 3.63) is 66.1 Å². The summed E-state index contributed by atoms with van der Waals surface area (Å²) in [7, 11) is 0. The highest BCUT2D eigenvalue weighted by Crippen LogP contribution is 2.19. The number of hydrogen-bond acceptors (Lipinski definition) is 5. The fourth-order valence-corrected chi connectivity index (χ4v) is 2.68. The van der Waals surface area contributed by atoms with E-state index < -0.39 is 5.91 Å². The fourth-order valence-electron chi connectivity index (χ4n) is 2.68. The minimum Gasteiger partial charge on any atom is -0.493 e. The molecule has 1 aromatic carbocycles. The predicted octanol–water partition coefficient (Wildman–Crippen LogP) is 2.34. The number of primary amides is 1. The first-order valence-corrected chi connectivity index (χ1v) is 8.89. The molecule has 2 heterocycles. The number of nitrogens with zero attached hydrogens (tertiary/aromatic N) is 3. The smallest absolute Gasteiger partial charge is 0.259 e. The molecule has 0 fully saturated rings. The van der Waals surface area contributed by atoms with E-state index in [1.165, 1.54) is 0 Å². The number of pyridine rings is 1. The summed E-state index contributed by atoms with van der Waals surface area (Å²) in [6, 6.07) is 12.4. The van der Waals surface area contributed by atoms with Crippen LogP contribution in [0.5, 0.6) is 5.75 Å². The van der Waals surface area contributed by atoms with E-state index in [2.05, 4.69) is 15.4 Å². The number of benzene rings is 1. The molecule has 8 heteroatoms. The molecular formula is C20H21N5O3. The Labute approximate surface area is 162 Å². The van der Waals surface area contributed by atoms with Crippen LogP contribution in [0.15, 0.2) is 54.9 Å². The summed E-state index contributed by atoms with van der Waals surface area (Å²) >= 11 is 0.